The average molecular weight is 242 g/mol. The molecule has 0 aliphatic carbocycles. The molecular formula is C12H16ClNO2. The van der Waals surface area contributed by atoms with E-state index in [2.05, 4.69) is 4.90 Å². The summed E-state index contributed by atoms with van der Waals surface area (Å²) in [5.74, 6) is 0.615. The number of phenolic OH excluding ortho intramolecular Hbond substituents is 1. The first kappa shape index (κ1) is 11.7. The Bertz CT molecular complexity index is 350. The molecule has 1 saturated heterocycles. The monoisotopic (exact) mass is 241 g/mol. The quantitative estimate of drug-likeness (QED) is 0.849. The van der Waals surface area contributed by atoms with Crippen LogP contribution in [0.2, 0.25) is 5.02 Å². The van der Waals surface area contributed by atoms with Crippen molar-refractivity contribution in [3.63, 3.8) is 0 Å². The van der Waals surface area contributed by atoms with Crippen molar-refractivity contribution in [1.82, 2.24) is 4.90 Å². The summed E-state index contributed by atoms with van der Waals surface area (Å²) in [6, 6.07) is 5.18. The molecule has 4 heteroatoms. The molecule has 1 aromatic rings. The highest BCUT2D eigenvalue weighted by molar-refractivity contribution is 6.31. The molecule has 0 radical (unpaired) electrons. The van der Waals surface area contributed by atoms with E-state index in [0.717, 1.165) is 25.1 Å². The number of likely N-dealkylation sites (tertiary alicyclic amines) is 1. The van der Waals surface area contributed by atoms with Gasteiger partial charge in [-0.1, -0.05) is 17.7 Å². The maximum atomic E-state index is 9.71. The molecule has 1 heterocycles. The third kappa shape index (κ3) is 2.48. The lowest BCUT2D eigenvalue weighted by atomic mass is 10.1. The van der Waals surface area contributed by atoms with Crippen molar-refractivity contribution in [2.24, 2.45) is 5.92 Å². The standard InChI is InChI=1S/C12H16ClNO2/c13-11-2-1-3-12(16)10(11)7-14-5-4-9(6-14)8-15/h1-3,9,15-16H,4-8H2. The summed E-state index contributed by atoms with van der Waals surface area (Å²) in [5, 5.41) is 19.4. The van der Waals surface area contributed by atoms with Gasteiger partial charge in [-0.3, -0.25) is 4.90 Å². The Morgan fingerprint density at radius 1 is 1.44 bits per heavy atom. The summed E-state index contributed by atoms with van der Waals surface area (Å²) in [7, 11) is 0. The minimum atomic E-state index is 0.241. The Hall–Kier alpha value is -0.770. The van der Waals surface area contributed by atoms with Crippen LogP contribution in [0, 0.1) is 5.92 Å². The minimum absolute atomic E-state index is 0.241. The fourth-order valence-electron chi connectivity index (χ4n) is 2.13. The van der Waals surface area contributed by atoms with Gasteiger partial charge in [0.2, 0.25) is 0 Å². The molecule has 1 fully saturated rings. The first-order chi connectivity index (χ1) is 7.70. The van der Waals surface area contributed by atoms with E-state index in [1.165, 1.54) is 0 Å². The zero-order valence-corrected chi connectivity index (χ0v) is 9.82. The van der Waals surface area contributed by atoms with Crippen LogP contribution in [0.3, 0.4) is 0 Å². The Kier molecular flexibility index (Phi) is 3.69. The molecule has 1 aliphatic rings. The van der Waals surface area contributed by atoms with Crippen molar-refractivity contribution in [3.05, 3.63) is 28.8 Å². The summed E-state index contributed by atoms with van der Waals surface area (Å²) < 4.78 is 0. The lowest BCUT2D eigenvalue weighted by molar-refractivity contribution is 0.219. The SMILES string of the molecule is OCC1CCN(Cc2c(O)cccc2Cl)C1. The number of hydrogen-bond acceptors (Lipinski definition) is 3. The van der Waals surface area contributed by atoms with Crippen LogP contribution in [0.5, 0.6) is 5.75 Å². The van der Waals surface area contributed by atoms with Crippen molar-refractivity contribution in [1.29, 1.82) is 0 Å². The second kappa shape index (κ2) is 5.04. The third-order valence-electron chi connectivity index (χ3n) is 3.10. The number of rotatable bonds is 3. The van der Waals surface area contributed by atoms with Crippen LogP contribution in [0.4, 0.5) is 0 Å². The number of phenols is 1. The Morgan fingerprint density at radius 3 is 2.88 bits per heavy atom. The molecule has 2 N–H and O–H groups in total. The zero-order chi connectivity index (χ0) is 11.5. The number of nitrogens with zero attached hydrogens (tertiary/aromatic N) is 1. The predicted octanol–water partition coefficient (Wildman–Crippen LogP) is 1.86. The van der Waals surface area contributed by atoms with E-state index in [1.54, 1.807) is 18.2 Å². The molecule has 0 aromatic heterocycles. The molecule has 3 nitrogen and oxygen atoms in total. The van der Waals surface area contributed by atoms with E-state index >= 15 is 0 Å². The van der Waals surface area contributed by atoms with Crippen molar-refractivity contribution in [3.8, 4) is 5.75 Å². The average Bonchev–Trinajstić information content (AvgIpc) is 2.71. The van der Waals surface area contributed by atoms with Gasteiger partial charge in [-0.05, 0) is 31.0 Å². The van der Waals surface area contributed by atoms with Gasteiger partial charge < -0.3 is 10.2 Å². The van der Waals surface area contributed by atoms with Crippen LogP contribution >= 0.6 is 11.6 Å². The minimum Gasteiger partial charge on any atom is -0.508 e. The molecule has 0 bridgehead atoms. The Labute approximate surface area is 100 Å². The first-order valence-corrected chi connectivity index (χ1v) is 5.88. The van der Waals surface area contributed by atoms with E-state index in [1.807, 2.05) is 0 Å². The van der Waals surface area contributed by atoms with Crippen LogP contribution in [0.15, 0.2) is 18.2 Å². The number of aliphatic hydroxyl groups excluding tert-OH is 1. The summed E-state index contributed by atoms with van der Waals surface area (Å²) in [4.78, 5) is 2.21. The van der Waals surface area contributed by atoms with Crippen molar-refractivity contribution >= 4 is 11.6 Å². The molecule has 0 spiro atoms. The Morgan fingerprint density at radius 2 is 2.25 bits per heavy atom. The maximum absolute atomic E-state index is 9.71. The van der Waals surface area contributed by atoms with Crippen molar-refractivity contribution in [2.75, 3.05) is 19.7 Å². The number of hydrogen-bond donors (Lipinski definition) is 2. The van der Waals surface area contributed by atoms with Gasteiger partial charge in [0.05, 0.1) is 0 Å². The highest BCUT2D eigenvalue weighted by atomic mass is 35.5. The molecule has 1 aromatic carbocycles. The van der Waals surface area contributed by atoms with Crippen molar-refractivity contribution in [2.45, 2.75) is 13.0 Å². The van der Waals surface area contributed by atoms with Crippen molar-refractivity contribution < 1.29 is 10.2 Å². The molecule has 16 heavy (non-hydrogen) atoms. The maximum Gasteiger partial charge on any atom is 0.121 e. The third-order valence-corrected chi connectivity index (χ3v) is 3.46. The molecule has 1 aliphatic heterocycles. The highest BCUT2D eigenvalue weighted by Gasteiger charge is 2.22. The van der Waals surface area contributed by atoms with Gasteiger partial charge in [-0.2, -0.15) is 0 Å². The van der Waals surface area contributed by atoms with E-state index < -0.39 is 0 Å². The fraction of sp³-hybridized carbons (Fsp3) is 0.500. The van der Waals surface area contributed by atoms with Gasteiger partial charge in [0.1, 0.15) is 5.75 Å². The van der Waals surface area contributed by atoms with Gasteiger partial charge in [0.25, 0.3) is 0 Å². The molecular weight excluding hydrogens is 226 g/mol. The van der Waals surface area contributed by atoms with Gasteiger partial charge >= 0.3 is 0 Å². The molecule has 0 saturated carbocycles. The van der Waals surface area contributed by atoms with Crippen LogP contribution < -0.4 is 0 Å². The van der Waals surface area contributed by atoms with Crippen LogP contribution in [0.1, 0.15) is 12.0 Å². The summed E-state index contributed by atoms with van der Waals surface area (Å²) in [5.41, 5.74) is 0.780. The number of benzene rings is 1. The van der Waals surface area contributed by atoms with Crippen LogP contribution in [-0.2, 0) is 6.54 Å². The lowest BCUT2D eigenvalue weighted by Gasteiger charge is -2.17. The van der Waals surface area contributed by atoms with E-state index in [-0.39, 0.29) is 12.4 Å². The second-order valence-electron chi connectivity index (χ2n) is 4.31. The topological polar surface area (TPSA) is 43.7 Å². The van der Waals surface area contributed by atoms with E-state index in [4.69, 9.17) is 16.7 Å². The van der Waals surface area contributed by atoms with E-state index in [0.29, 0.717) is 17.5 Å². The summed E-state index contributed by atoms with van der Waals surface area (Å²) in [6.07, 6.45) is 1.02. The summed E-state index contributed by atoms with van der Waals surface area (Å²) in [6.45, 7) is 2.73. The van der Waals surface area contributed by atoms with Crippen LogP contribution in [0.25, 0.3) is 0 Å². The van der Waals surface area contributed by atoms with E-state index in [9.17, 15) is 5.11 Å². The number of halogens is 1. The number of aliphatic hydroxyl groups is 1. The molecule has 2 rings (SSSR count). The first-order valence-electron chi connectivity index (χ1n) is 5.50. The highest BCUT2D eigenvalue weighted by Crippen LogP contribution is 2.28. The Balaban J connectivity index is 2.04. The predicted molar refractivity (Wildman–Crippen MR) is 63.6 cm³/mol. The zero-order valence-electron chi connectivity index (χ0n) is 9.06. The largest absolute Gasteiger partial charge is 0.508 e. The van der Waals surface area contributed by atoms with Gasteiger partial charge in [-0.25, -0.2) is 0 Å². The van der Waals surface area contributed by atoms with Gasteiger partial charge in [0, 0.05) is 30.3 Å². The normalized spacial score (nSPS) is 21.5. The molecule has 0 amide bonds. The fourth-order valence-corrected chi connectivity index (χ4v) is 2.36. The van der Waals surface area contributed by atoms with Crippen LogP contribution in [-0.4, -0.2) is 34.8 Å². The second-order valence-corrected chi connectivity index (χ2v) is 4.72. The molecule has 1 atom stereocenters. The molecule has 1 unspecified atom stereocenters. The van der Waals surface area contributed by atoms with Gasteiger partial charge in [0.15, 0.2) is 0 Å². The molecule has 88 valence electrons. The lowest BCUT2D eigenvalue weighted by Crippen LogP contribution is -2.21. The number of aromatic hydroxyl groups is 1. The smallest absolute Gasteiger partial charge is 0.121 e. The summed E-state index contributed by atoms with van der Waals surface area (Å²) >= 11 is 6.04. The van der Waals surface area contributed by atoms with Gasteiger partial charge in [-0.15, -0.1) is 0 Å².